The van der Waals surface area contributed by atoms with E-state index >= 15 is 0 Å². The zero-order valence-electron chi connectivity index (χ0n) is 15.3. The zero-order valence-corrected chi connectivity index (χ0v) is 16.9. The molecule has 0 spiro atoms. The summed E-state index contributed by atoms with van der Waals surface area (Å²) >= 11 is 3.37. The Morgan fingerprint density at radius 2 is 1.74 bits per heavy atom. The molecule has 0 radical (unpaired) electrons. The van der Waals surface area contributed by atoms with E-state index in [4.69, 9.17) is 14.2 Å². The number of amides is 2. The van der Waals surface area contributed by atoms with Gasteiger partial charge in [0.2, 0.25) is 0 Å². The van der Waals surface area contributed by atoms with E-state index in [-0.39, 0.29) is 18.4 Å². The van der Waals surface area contributed by atoms with E-state index in [2.05, 4.69) is 26.6 Å². The first kappa shape index (κ1) is 20.6. The number of nitrogens with one attached hydrogen (secondary N) is 2. The molecule has 27 heavy (non-hydrogen) atoms. The molecule has 2 N–H and O–H groups in total. The summed E-state index contributed by atoms with van der Waals surface area (Å²) in [7, 11) is 3.02. The number of halogens is 1. The van der Waals surface area contributed by atoms with Crippen molar-refractivity contribution in [3.63, 3.8) is 0 Å². The number of carbonyl (C=O) groups excluding carboxylic acids is 2. The second-order valence-electron chi connectivity index (χ2n) is 5.42. The molecule has 0 aliphatic carbocycles. The van der Waals surface area contributed by atoms with Gasteiger partial charge in [-0.1, -0.05) is 6.07 Å². The standard InChI is InChI=1S/C19H21BrN2O5/c1-4-21-17(23)11-27-14-7-5-6-13(10-14)22-19(24)12-8-15(25-2)18(20)16(9-12)26-3/h5-10H,4,11H2,1-3H3,(H,21,23)(H,22,24). The highest BCUT2D eigenvalue weighted by molar-refractivity contribution is 9.10. The van der Waals surface area contributed by atoms with Gasteiger partial charge in [0.05, 0.1) is 14.2 Å². The monoisotopic (exact) mass is 436 g/mol. The Bertz CT molecular complexity index is 800. The highest BCUT2D eigenvalue weighted by atomic mass is 79.9. The van der Waals surface area contributed by atoms with Crippen molar-refractivity contribution in [1.82, 2.24) is 5.32 Å². The number of hydrogen-bond acceptors (Lipinski definition) is 5. The molecule has 0 atom stereocenters. The fourth-order valence-corrected chi connectivity index (χ4v) is 2.82. The average Bonchev–Trinajstić information content (AvgIpc) is 2.67. The average molecular weight is 437 g/mol. The minimum absolute atomic E-state index is 0.0909. The van der Waals surface area contributed by atoms with Crippen LogP contribution in [0.1, 0.15) is 17.3 Å². The van der Waals surface area contributed by atoms with Crippen molar-refractivity contribution in [2.24, 2.45) is 0 Å². The smallest absolute Gasteiger partial charge is 0.257 e. The van der Waals surface area contributed by atoms with Gasteiger partial charge in [0.1, 0.15) is 21.7 Å². The molecule has 2 rings (SSSR count). The number of carbonyl (C=O) groups is 2. The van der Waals surface area contributed by atoms with Gasteiger partial charge in [-0.3, -0.25) is 9.59 Å². The lowest BCUT2D eigenvalue weighted by atomic mass is 10.1. The number of benzene rings is 2. The molecule has 2 aromatic carbocycles. The second kappa shape index (κ2) is 9.82. The molecule has 0 aliphatic heterocycles. The maximum Gasteiger partial charge on any atom is 0.257 e. The van der Waals surface area contributed by atoms with Crippen LogP contribution in [-0.4, -0.2) is 39.2 Å². The molecular formula is C19H21BrN2O5. The first-order valence-electron chi connectivity index (χ1n) is 8.21. The normalized spacial score (nSPS) is 10.1. The molecule has 7 nitrogen and oxygen atoms in total. The second-order valence-corrected chi connectivity index (χ2v) is 6.21. The summed E-state index contributed by atoms with van der Waals surface area (Å²) in [6.45, 7) is 2.28. The molecule has 0 saturated carbocycles. The molecule has 2 aromatic rings. The topological polar surface area (TPSA) is 85.9 Å². The summed E-state index contributed by atoms with van der Waals surface area (Å²) in [6.07, 6.45) is 0. The van der Waals surface area contributed by atoms with Gasteiger partial charge < -0.3 is 24.8 Å². The van der Waals surface area contributed by atoms with Crippen LogP contribution in [0.2, 0.25) is 0 Å². The van der Waals surface area contributed by atoms with Crippen LogP contribution in [0, 0.1) is 0 Å². The predicted octanol–water partition coefficient (Wildman–Crippen LogP) is 3.23. The van der Waals surface area contributed by atoms with Gasteiger partial charge >= 0.3 is 0 Å². The Morgan fingerprint density at radius 1 is 1.07 bits per heavy atom. The van der Waals surface area contributed by atoms with Crippen LogP contribution >= 0.6 is 15.9 Å². The Kier molecular flexibility index (Phi) is 7.48. The maximum atomic E-state index is 12.6. The van der Waals surface area contributed by atoms with E-state index in [1.54, 1.807) is 36.4 Å². The quantitative estimate of drug-likeness (QED) is 0.663. The molecule has 0 unspecified atom stereocenters. The third kappa shape index (κ3) is 5.62. The Labute approximate surface area is 166 Å². The van der Waals surface area contributed by atoms with E-state index in [9.17, 15) is 9.59 Å². The van der Waals surface area contributed by atoms with E-state index in [0.29, 0.717) is 39.5 Å². The van der Waals surface area contributed by atoms with E-state index in [0.717, 1.165) is 0 Å². The van der Waals surface area contributed by atoms with Crippen LogP contribution in [0.25, 0.3) is 0 Å². The van der Waals surface area contributed by atoms with Crippen LogP contribution < -0.4 is 24.8 Å². The first-order chi connectivity index (χ1) is 13.0. The van der Waals surface area contributed by atoms with Gasteiger partial charge in [-0.15, -0.1) is 0 Å². The lowest BCUT2D eigenvalue weighted by Gasteiger charge is -2.12. The molecule has 0 aromatic heterocycles. The summed E-state index contributed by atoms with van der Waals surface area (Å²) in [5.41, 5.74) is 0.912. The third-order valence-corrected chi connectivity index (χ3v) is 4.33. The fraction of sp³-hybridized carbons (Fsp3) is 0.263. The lowest BCUT2D eigenvalue weighted by molar-refractivity contribution is -0.122. The van der Waals surface area contributed by atoms with Crippen molar-refractivity contribution in [3.05, 3.63) is 46.4 Å². The molecule has 0 bridgehead atoms. The van der Waals surface area contributed by atoms with Gasteiger partial charge in [-0.05, 0) is 47.1 Å². The molecule has 0 aliphatic rings. The summed E-state index contributed by atoms with van der Waals surface area (Å²) < 4.78 is 16.6. The van der Waals surface area contributed by atoms with E-state index in [1.807, 2.05) is 6.92 Å². The van der Waals surface area contributed by atoms with Gasteiger partial charge in [-0.25, -0.2) is 0 Å². The minimum Gasteiger partial charge on any atom is -0.495 e. The molecule has 0 saturated heterocycles. The SMILES string of the molecule is CCNC(=O)COc1cccc(NC(=O)c2cc(OC)c(Br)c(OC)c2)c1. The number of hydrogen-bond donors (Lipinski definition) is 2. The van der Waals surface area contributed by atoms with Crippen LogP contribution in [-0.2, 0) is 4.79 Å². The number of methoxy groups -OCH3 is 2. The summed E-state index contributed by atoms with van der Waals surface area (Å²) in [6, 6.07) is 10.0. The fourth-order valence-electron chi connectivity index (χ4n) is 2.26. The molecule has 2 amide bonds. The van der Waals surface area contributed by atoms with Gasteiger partial charge in [-0.2, -0.15) is 0 Å². The Morgan fingerprint density at radius 3 is 2.33 bits per heavy atom. The lowest BCUT2D eigenvalue weighted by Crippen LogP contribution is -2.28. The maximum absolute atomic E-state index is 12.6. The summed E-state index contributed by atoms with van der Waals surface area (Å²) in [4.78, 5) is 24.1. The molecule has 0 heterocycles. The number of rotatable bonds is 8. The van der Waals surface area contributed by atoms with Gasteiger partial charge in [0.15, 0.2) is 6.61 Å². The Hall–Kier alpha value is -2.74. The van der Waals surface area contributed by atoms with Gasteiger partial charge in [0.25, 0.3) is 11.8 Å². The van der Waals surface area contributed by atoms with Crippen LogP contribution in [0.15, 0.2) is 40.9 Å². The number of anilines is 1. The highest BCUT2D eigenvalue weighted by Crippen LogP contribution is 2.35. The van der Waals surface area contributed by atoms with Crippen LogP contribution in [0.4, 0.5) is 5.69 Å². The summed E-state index contributed by atoms with van der Waals surface area (Å²) in [5.74, 6) is 0.906. The van der Waals surface area contributed by atoms with Crippen molar-refractivity contribution in [2.75, 3.05) is 32.7 Å². The van der Waals surface area contributed by atoms with Crippen molar-refractivity contribution in [3.8, 4) is 17.2 Å². The molecule has 0 fully saturated rings. The number of likely N-dealkylation sites (N-methyl/N-ethyl adjacent to an activating group) is 1. The summed E-state index contributed by atoms with van der Waals surface area (Å²) in [5, 5.41) is 5.44. The minimum atomic E-state index is -0.333. The molecule has 144 valence electrons. The first-order valence-corrected chi connectivity index (χ1v) is 9.00. The van der Waals surface area contributed by atoms with Crippen molar-refractivity contribution in [1.29, 1.82) is 0 Å². The molecular weight excluding hydrogens is 416 g/mol. The van der Waals surface area contributed by atoms with Crippen molar-refractivity contribution in [2.45, 2.75) is 6.92 Å². The van der Waals surface area contributed by atoms with Crippen molar-refractivity contribution >= 4 is 33.4 Å². The largest absolute Gasteiger partial charge is 0.495 e. The predicted molar refractivity (Wildman–Crippen MR) is 106 cm³/mol. The number of ether oxygens (including phenoxy) is 3. The van der Waals surface area contributed by atoms with E-state index in [1.165, 1.54) is 14.2 Å². The highest BCUT2D eigenvalue weighted by Gasteiger charge is 2.15. The van der Waals surface area contributed by atoms with Crippen LogP contribution in [0.3, 0.4) is 0 Å². The third-order valence-electron chi connectivity index (χ3n) is 3.54. The Balaban J connectivity index is 2.12. The van der Waals surface area contributed by atoms with E-state index < -0.39 is 0 Å². The molecule has 8 heteroatoms. The zero-order chi connectivity index (χ0) is 19.8. The van der Waals surface area contributed by atoms with Gasteiger partial charge in [0, 0.05) is 23.9 Å². The van der Waals surface area contributed by atoms with Crippen LogP contribution in [0.5, 0.6) is 17.2 Å². The van der Waals surface area contributed by atoms with Crippen molar-refractivity contribution < 1.29 is 23.8 Å².